The molecule has 1 atom stereocenters. The Morgan fingerprint density at radius 2 is 2.10 bits per heavy atom. The highest BCUT2D eigenvalue weighted by molar-refractivity contribution is 5.86. The van der Waals surface area contributed by atoms with Gasteiger partial charge in [0.1, 0.15) is 5.60 Å². The number of hydrogen-bond donors (Lipinski definition) is 3. The van der Waals surface area contributed by atoms with Gasteiger partial charge in [-0.2, -0.15) is 0 Å². The summed E-state index contributed by atoms with van der Waals surface area (Å²) in [5.41, 5.74) is 7.15. The Labute approximate surface area is 120 Å². The number of aliphatic hydroxyl groups is 1. The van der Waals surface area contributed by atoms with Gasteiger partial charge in [-0.25, -0.2) is 4.79 Å². The van der Waals surface area contributed by atoms with Gasteiger partial charge in [-0.05, 0) is 57.9 Å². The molecule has 0 fully saturated rings. The number of nitrogens with two attached hydrogens (primary N) is 1. The fraction of sp³-hybridized carbons (Fsp3) is 0.533. The van der Waals surface area contributed by atoms with E-state index in [4.69, 9.17) is 10.5 Å². The molecule has 0 spiro atoms. The third-order valence-corrected chi connectivity index (χ3v) is 2.72. The molecule has 0 bridgehead atoms. The molecule has 0 heterocycles. The molecule has 20 heavy (non-hydrogen) atoms. The molecule has 0 aromatic heterocycles. The lowest BCUT2D eigenvalue weighted by Crippen LogP contribution is -2.27. The van der Waals surface area contributed by atoms with Crippen molar-refractivity contribution >= 4 is 11.8 Å². The van der Waals surface area contributed by atoms with E-state index in [0.29, 0.717) is 18.7 Å². The standard InChI is InChI=1S/C15H24N2O3/c1-10-5-6-11(13(18)7-8-16)9-12(10)17-14(19)20-15(2,3)4/h5-6,9,13,18H,7-8,16H2,1-4H3,(H,17,19)/t13-/m1/s1. The van der Waals surface area contributed by atoms with Gasteiger partial charge in [-0.15, -0.1) is 0 Å². The van der Waals surface area contributed by atoms with E-state index in [1.165, 1.54) is 0 Å². The maximum atomic E-state index is 11.8. The summed E-state index contributed by atoms with van der Waals surface area (Å²) in [4.78, 5) is 11.8. The maximum Gasteiger partial charge on any atom is 0.412 e. The van der Waals surface area contributed by atoms with Crippen LogP contribution in [0.2, 0.25) is 0 Å². The van der Waals surface area contributed by atoms with Gasteiger partial charge in [0.05, 0.1) is 6.10 Å². The van der Waals surface area contributed by atoms with Crippen LogP contribution in [-0.4, -0.2) is 23.3 Å². The molecule has 0 unspecified atom stereocenters. The fourth-order valence-corrected chi connectivity index (χ4v) is 1.72. The number of carbonyl (C=O) groups is 1. The Morgan fingerprint density at radius 3 is 2.65 bits per heavy atom. The van der Waals surface area contributed by atoms with E-state index in [1.807, 2.05) is 19.1 Å². The van der Waals surface area contributed by atoms with Gasteiger partial charge in [-0.1, -0.05) is 12.1 Å². The SMILES string of the molecule is Cc1ccc([C@H](O)CCN)cc1NC(=O)OC(C)(C)C. The number of hydrogen-bond acceptors (Lipinski definition) is 4. The van der Waals surface area contributed by atoms with Crippen LogP contribution in [0.3, 0.4) is 0 Å². The molecule has 1 aromatic carbocycles. The zero-order valence-corrected chi connectivity index (χ0v) is 12.6. The number of aryl methyl sites for hydroxylation is 1. The monoisotopic (exact) mass is 280 g/mol. The second kappa shape index (κ2) is 6.72. The summed E-state index contributed by atoms with van der Waals surface area (Å²) in [5.74, 6) is 0. The van der Waals surface area contributed by atoms with Crippen molar-refractivity contribution in [3.63, 3.8) is 0 Å². The lowest BCUT2D eigenvalue weighted by atomic mass is 10.0. The first-order valence-corrected chi connectivity index (χ1v) is 6.71. The van der Waals surface area contributed by atoms with Crippen molar-refractivity contribution in [2.24, 2.45) is 5.73 Å². The highest BCUT2D eigenvalue weighted by Gasteiger charge is 2.17. The van der Waals surface area contributed by atoms with Crippen LogP contribution in [-0.2, 0) is 4.74 Å². The zero-order valence-electron chi connectivity index (χ0n) is 12.6. The maximum absolute atomic E-state index is 11.8. The summed E-state index contributed by atoms with van der Waals surface area (Å²) >= 11 is 0. The predicted molar refractivity (Wildman–Crippen MR) is 79.7 cm³/mol. The summed E-state index contributed by atoms with van der Waals surface area (Å²) in [6, 6.07) is 5.43. The van der Waals surface area contributed by atoms with Crippen molar-refractivity contribution in [3.8, 4) is 0 Å². The van der Waals surface area contributed by atoms with E-state index in [9.17, 15) is 9.90 Å². The van der Waals surface area contributed by atoms with Crippen molar-refractivity contribution in [3.05, 3.63) is 29.3 Å². The summed E-state index contributed by atoms with van der Waals surface area (Å²) < 4.78 is 5.21. The molecule has 0 aliphatic heterocycles. The van der Waals surface area contributed by atoms with E-state index in [0.717, 1.165) is 11.1 Å². The molecule has 1 amide bonds. The lowest BCUT2D eigenvalue weighted by Gasteiger charge is -2.20. The summed E-state index contributed by atoms with van der Waals surface area (Å²) in [6.07, 6.45) is -0.652. The number of anilines is 1. The van der Waals surface area contributed by atoms with Gasteiger partial charge < -0.3 is 15.6 Å². The molecule has 1 aromatic rings. The minimum atomic E-state index is -0.625. The first kappa shape index (κ1) is 16.5. The molecule has 1 rings (SSSR count). The smallest absolute Gasteiger partial charge is 0.412 e. The third kappa shape index (κ3) is 5.19. The normalized spacial score (nSPS) is 12.9. The molecule has 0 aliphatic rings. The van der Waals surface area contributed by atoms with Crippen LogP contribution >= 0.6 is 0 Å². The van der Waals surface area contributed by atoms with Gasteiger partial charge in [0.25, 0.3) is 0 Å². The van der Waals surface area contributed by atoms with Gasteiger partial charge in [-0.3, -0.25) is 5.32 Å². The largest absolute Gasteiger partial charge is 0.444 e. The van der Waals surface area contributed by atoms with Crippen LogP contribution in [0, 0.1) is 6.92 Å². The highest BCUT2D eigenvalue weighted by Crippen LogP contribution is 2.23. The summed E-state index contributed by atoms with van der Waals surface area (Å²) in [5, 5.41) is 12.6. The van der Waals surface area contributed by atoms with Crippen molar-refractivity contribution in [2.45, 2.75) is 45.8 Å². The van der Waals surface area contributed by atoms with E-state index in [2.05, 4.69) is 5.32 Å². The van der Waals surface area contributed by atoms with Gasteiger partial charge in [0, 0.05) is 5.69 Å². The summed E-state index contributed by atoms with van der Waals surface area (Å²) in [6.45, 7) is 7.71. The van der Waals surface area contributed by atoms with Gasteiger partial charge in [0.15, 0.2) is 0 Å². The predicted octanol–water partition coefficient (Wildman–Crippen LogP) is 2.72. The molecule has 4 N–H and O–H groups in total. The van der Waals surface area contributed by atoms with E-state index in [1.54, 1.807) is 26.8 Å². The van der Waals surface area contributed by atoms with E-state index < -0.39 is 17.8 Å². The van der Waals surface area contributed by atoms with E-state index >= 15 is 0 Å². The Balaban J connectivity index is 2.84. The van der Waals surface area contributed by atoms with Crippen molar-refractivity contribution in [1.82, 2.24) is 0 Å². The second-order valence-corrected chi connectivity index (χ2v) is 5.79. The molecule has 0 radical (unpaired) electrons. The first-order chi connectivity index (χ1) is 9.23. The molecule has 5 nitrogen and oxygen atoms in total. The minimum Gasteiger partial charge on any atom is -0.444 e. The number of rotatable bonds is 4. The third-order valence-electron chi connectivity index (χ3n) is 2.72. The number of ether oxygens (including phenoxy) is 1. The lowest BCUT2D eigenvalue weighted by molar-refractivity contribution is 0.0635. The molecule has 0 saturated carbocycles. The van der Waals surface area contributed by atoms with Crippen LogP contribution in [0.25, 0.3) is 0 Å². The van der Waals surface area contributed by atoms with Crippen molar-refractivity contribution < 1.29 is 14.6 Å². The Hall–Kier alpha value is -1.59. The topological polar surface area (TPSA) is 84.6 Å². The van der Waals surface area contributed by atoms with E-state index in [-0.39, 0.29) is 0 Å². The van der Waals surface area contributed by atoms with Crippen LogP contribution in [0.15, 0.2) is 18.2 Å². The van der Waals surface area contributed by atoms with Gasteiger partial charge >= 0.3 is 6.09 Å². The quantitative estimate of drug-likeness (QED) is 0.791. The average molecular weight is 280 g/mol. The molecule has 112 valence electrons. The molecule has 5 heteroatoms. The van der Waals surface area contributed by atoms with Gasteiger partial charge in [0.2, 0.25) is 0 Å². The Kier molecular flexibility index (Phi) is 5.53. The number of aliphatic hydroxyl groups excluding tert-OH is 1. The Bertz CT molecular complexity index is 467. The average Bonchev–Trinajstić information content (AvgIpc) is 2.29. The summed E-state index contributed by atoms with van der Waals surface area (Å²) in [7, 11) is 0. The Morgan fingerprint density at radius 1 is 1.45 bits per heavy atom. The molecular formula is C15H24N2O3. The van der Waals surface area contributed by atoms with Crippen LogP contribution < -0.4 is 11.1 Å². The molecule has 0 aliphatic carbocycles. The number of nitrogens with one attached hydrogen (secondary N) is 1. The van der Waals surface area contributed by atoms with Crippen molar-refractivity contribution in [1.29, 1.82) is 0 Å². The minimum absolute atomic E-state index is 0.407. The van der Waals surface area contributed by atoms with Crippen LogP contribution in [0.1, 0.15) is 44.4 Å². The highest BCUT2D eigenvalue weighted by atomic mass is 16.6. The first-order valence-electron chi connectivity index (χ1n) is 6.71. The number of carbonyl (C=O) groups excluding carboxylic acids is 1. The van der Waals surface area contributed by atoms with Crippen molar-refractivity contribution in [2.75, 3.05) is 11.9 Å². The molecule has 0 saturated heterocycles. The second-order valence-electron chi connectivity index (χ2n) is 5.79. The molecular weight excluding hydrogens is 256 g/mol. The zero-order chi connectivity index (χ0) is 15.3. The van der Waals surface area contributed by atoms with Crippen LogP contribution in [0.4, 0.5) is 10.5 Å². The number of benzene rings is 1. The fourth-order valence-electron chi connectivity index (χ4n) is 1.72. The van der Waals surface area contributed by atoms with Crippen LogP contribution in [0.5, 0.6) is 0 Å². The number of amides is 1.